The number of benzene rings is 2. The lowest BCUT2D eigenvalue weighted by Crippen LogP contribution is -2.32. The molecule has 0 aliphatic heterocycles. The maximum Gasteiger partial charge on any atom is 0.253 e. The van der Waals surface area contributed by atoms with Gasteiger partial charge in [0.15, 0.2) is 5.65 Å². The molecule has 0 atom stereocenters. The van der Waals surface area contributed by atoms with Crippen LogP contribution >= 0.6 is 0 Å². The molecule has 0 fully saturated rings. The van der Waals surface area contributed by atoms with E-state index < -0.39 is 0 Å². The fraction of sp³-hybridized carbons (Fsp3) is 0.333. The average Bonchev–Trinajstić information content (AvgIpc) is 3.33. The van der Waals surface area contributed by atoms with Crippen molar-refractivity contribution in [3.8, 4) is 16.9 Å². The fourth-order valence-electron chi connectivity index (χ4n) is 4.11. The first-order chi connectivity index (χ1) is 18.6. The van der Waals surface area contributed by atoms with Crippen LogP contribution in [0, 0.1) is 5.41 Å². The molecule has 2 aromatic heterocycles. The van der Waals surface area contributed by atoms with Crippen LogP contribution < -0.4 is 15.4 Å². The Bertz CT molecular complexity index is 1470. The Morgan fingerprint density at radius 1 is 0.949 bits per heavy atom. The van der Waals surface area contributed by atoms with Crippen molar-refractivity contribution in [2.75, 3.05) is 32.1 Å². The lowest BCUT2D eigenvalue weighted by atomic mass is 9.97. The Balaban J connectivity index is 1.51. The number of nitrogens with one attached hydrogen (secondary N) is 2. The molecule has 0 saturated heterocycles. The molecule has 9 heteroatoms. The number of carbonyl (C=O) groups excluding carboxylic acids is 2. The molecule has 0 spiro atoms. The molecule has 2 N–H and O–H groups in total. The first-order valence-corrected chi connectivity index (χ1v) is 13.1. The summed E-state index contributed by atoms with van der Waals surface area (Å²) in [6.07, 6.45) is 1.89. The zero-order chi connectivity index (χ0) is 28.2. The molecule has 0 saturated carbocycles. The van der Waals surface area contributed by atoms with Gasteiger partial charge in [0.05, 0.1) is 12.8 Å². The minimum absolute atomic E-state index is 0.0232. The van der Waals surface area contributed by atoms with Gasteiger partial charge < -0.3 is 20.3 Å². The van der Waals surface area contributed by atoms with Crippen LogP contribution in [0.3, 0.4) is 0 Å². The third-order valence-electron chi connectivity index (χ3n) is 6.34. The van der Waals surface area contributed by atoms with Crippen molar-refractivity contribution >= 4 is 29.1 Å². The van der Waals surface area contributed by atoms with E-state index >= 15 is 0 Å². The fourth-order valence-corrected chi connectivity index (χ4v) is 4.11. The van der Waals surface area contributed by atoms with Crippen molar-refractivity contribution in [2.45, 2.75) is 34.6 Å². The summed E-state index contributed by atoms with van der Waals surface area (Å²) in [6, 6.07) is 16.7. The van der Waals surface area contributed by atoms with E-state index in [4.69, 9.17) is 4.74 Å². The number of rotatable bonds is 9. The van der Waals surface area contributed by atoms with Crippen LogP contribution in [0.5, 0.6) is 5.75 Å². The van der Waals surface area contributed by atoms with Crippen LogP contribution in [-0.4, -0.2) is 58.1 Å². The van der Waals surface area contributed by atoms with Crippen molar-refractivity contribution < 1.29 is 14.3 Å². The maximum atomic E-state index is 12.7. The van der Waals surface area contributed by atoms with Gasteiger partial charge in [0.2, 0.25) is 5.95 Å². The number of anilines is 2. The summed E-state index contributed by atoms with van der Waals surface area (Å²) in [5.41, 5.74) is 4.44. The molecular weight excluding hydrogens is 492 g/mol. The Morgan fingerprint density at radius 3 is 2.26 bits per heavy atom. The highest BCUT2D eigenvalue weighted by atomic mass is 16.5. The normalized spacial score (nSPS) is 11.3. The standard InChI is InChI=1S/C30H36N6O3/c1-7-35(8-2)28(38)22-13-15-24(25(17-22)39-6)32-29-33-26-16-14-23(18-36(26)34-29)20-9-11-21(12-10-20)27(37)31-19-30(3,4)5/h9-18H,7-8,19H2,1-6H3,(H,31,37)(H,32,34). The smallest absolute Gasteiger partial charge is 0.253 e. The number of nitrogens with zero attached hydrogens (tertiary/aromatic N) is 4. The third kappa shape index (κ3) is 6.54. The summed E-state index contributed by atoms with van der Waals surface area (Å²) in [6.45, 7) is 12.1. The van der Waals surface area contributed by atoms with Crippen LogP contribution in [0.1, 0.15) is 55.3 Å². The monoisotopic (exact) mass is 528 g/mol. The second-order valence-electron chi connectivity index (χ2n) is 10.5. The van der Waals surface area contributed by atoms with Crippen LogP contribution in [0.15, 0.2) is 60.8 Å². The molecule has 0 unspecified atom stereocenters. The van der Waals surface area contributed by atoms with E-state index in [9.17, 15) is 9.59 Å². The molecule has 4 aromatic rings. The van der Waals surface area contributed by atoms with Gasteiger partial charge in [-0.1, -0.05) is 32.9 Å². The Morgan fingerprint density at radius 2 is 1.62 bits per heavy atom. The lowest BCUT2D eigenvalue weighted by Gasteiger charge is -2.19. The second-order valence-corrected chi connectivity index (χ2v) is 10.5. The molecule has 0 aliphatic carbocycles. The summed E-state index contributed by atoms with van der Waals surface area (Å²) in [5.74, 6) is 0.805. The maximum absolute atomic E-state index is 12.7. The van der Waals surface area contributed by atoms with Crippen LogP contribution in [-0.2, 0) is 0 Å². The number of methoxy groups -OCH3 is 1. The van der Waals surface area contributed by atoms with Gasteiger partial charge >= 0.3 is 0 Å². The van der Waals surface area contributed by atoms with E-state index in [2.05, 4.69) is 41.5 Å². The topological polar surface area (TPSA) is 101 Å². The van der Waals surface area contributed by atoms with E-state index in [1.807, 2.05) is 56.4 Å². The number of ether oxygens (including phenoxy) is 1. The van der Waals surface area contributed by atoms with Gasteiger partial charge in [0.1, 0.15) is 5.75 Å². The van der Waals surface area contributed by atoms with Crippen LogP contribution in [0.4, 0.5) is 11.6 Å². The van der Waals surface area contributed by atoms with Gasteiger partial charge in [-0.05, 0) is 67.3 Å². The van der Waals surface area contributed by atoms with Crippen LogP contribution in [0.25, 0.3) is 16.8 Å². The first-order valence-electron chi connectivity index (χ1n) is 13.1. The Labute approximate surface area is 229 Å². The SMILES string of the molecule is CCN(CC)C(=O)c1ccc(Nc2nc3ccc(-c4ccc(C(=O)NCC(C)(C)C)cc4)cn3n2)c(OC)c1. The summed E-state index contributed by atoms with van der Waals surface area (Å²) in [4.78, 5) is 31.5. The van der Waals surface area contributed by atoms with Gasteiger partial charge in [0, 0.05) is 42.5 Å². The zero-order valence-electron chi connectivity index (χ0n) is 23.4. The number of pyridine rings is 1. The van der Waals surface area contributed by atoms with Gasteiger partial charge in [-0.25, -0.2) is 4.52 Å². The average molecular weight is 529 g/mol. The quantitative estimate of drug-likeness (QED) is 0.301. The highest BCUT2D eigenvalue weighted by Crippen LogP contribution is 2.29. The Hall–Kier alpha value is -4.40. The number of hydrogen-bond donors (Lipinski definition) is 2. The highest BCUT2D eigenvalue weighted by molar-refractivity contribution is 5.95. The van der Waals surface area contributed by atoms with Crippen molar-refractivity contribution in [1.82, 2.24) is 24.8 Å². The summed E-state index contributed by atoms with van der Waals surface area (Å²) >= 11 is 0. The van der Waals surface area contributed by atoms with Crippen molar-refractivity contribution in [1.29, 1.82) is 0 Å². The van der Waals surface area contributed by atoms with Crippen LogP contribution in [0.2, 0.25) is 0 Å². The van der Waals surface area contributed by atoms with Gasteiger partial charge in [-0.15, -0.1) is 5.10 Å². The molecule has 0 aliphatic rings. The summed E-state index contributed by atoms with van der Waals surface area (Å²) < 4.78 is 7.24. The van der Waals surface area contributed by atoms with E-state index in [1.165, 1.54) is 0 Å². The van der Waals surface area contributed by atoms with E-state index in [-0.39, 0.29) is 17.2 Å². The predicted octanol–water partition coefficient (Wildman–Crippen LogP) is 5.41. The highest BCUT2D eigenvalue weighted by Gasteiger charge is 2.17. The lowest BCUT2D eigenvalue weighted by molar-refractivity contribution is 0.0772. The molecule has 2 heterocycles. The minimum atomic E-state index is -0.0835. The largest absolute Gasteiger partial charge is 0.495 e. The number of carbonyl (C=O) groups is 2. The molecule has 2 amide bonds. The predicted molar refractivity (Wildman–Crippen MR) is 154 cm³/mol. The zero-order valence-corrected chi connectivity index (χ0v) is 23.4. The molecule has 2 aromatic carbocycles. The number of hydrogen-bond acceptors (Lipinski definition) is 6. The molecule has 0 bridgehead atoms. The summed E-state index contributed by atoms with van der Waals surface area (Å²) in [5, 5.41) is 10.8. The van der Waals surface area contributed by atoms with Crippen molar-refractivity contribution in [3.05, 3.63) is 71.9 Å². The molecule has 9 nitrogen and oxygen atoms in total. The minimum Gasteiger partial charge on any atom is -0.495 e. The van der Waals surface area contributed by atoms with Gasteiger partial charge in [-0.3, -0.25) is 9.59 Å². The third-order valence-corrected chi connectivity index (χ3v) is 6.34. The molecule has 4 rings (SSSR count). The van der Waals surface area contributed by atoms with Gasteiger partial charge in [0.25, 0.3) is 11.8 Å². The van der Waals surface area contributed by atoms with E-state index in [1.54, 1.807) is 34.7 Å². The van der Waals surface area contributed by atoms with E-state index in [0.717, 1.165) is 11.1 Å². The number of amides is 2. The molecule has 39 heavy (non-hydrogen) atoms. The van der Waals surface area contributed by atoms with Crippen molar-refractivity contribution in [3.63, 3.8) is 0 Å². The van der Waals surface area contributed by atoms with Gasteiger partial charge in [-0.2, -0.15) is 4.98 Å². The summed E-state index contributed by atoms with van der Waals surface area (Å²) in [7, 11) is 1.56. The molecule has 204 valence electrons. The Kier molecular flexibility index (Phi) is 8.18. The van der Waals surface area contributed by atoms with Crippen molar-refractivity contribution in [2.24, 2.45) is 5.41 Å². The molecular formula is C30H36N6O3. The first kappa shape index (κ1) is 27.6. The molecule has 0 radical (unpaired) electrons. The number of aromatic nitrogens is 3. The van der Waals surface area contributed by atoms with E-state index in [0.29, 0.717) is 53.8 Å². The second kappa shape index (κ2) is 11.6. The number of fused-ring (bicyclic) bond motifs is 1.